The first-order chi connectivity index (χ1) is 9.31. The molecule has 0 saturated heterocycles. The Bertz CT molecular complexity index is 601. The number of para-hydroxylation sites is 2. The lowest BCUT2D eigenvalue weighted by atomic mass is 10.3. The van der Waals surface area contributed by atoms with E-state index in [2.05, 4.69) is 20.3 Å². The number of fused-ring (bicyclic) bond motifs is 1. The molecule has 0 radical (unpaired) electrons. The van der Waals surface area contributed by atoms with E-state index in [4.69, 9.17) is 0 Å². The lowest BCUT2D eigenvalue weighted by Crippen LogP contribution is -2.27. The summed E-state index contributed by atoms with van der Waals surface area (Å²) < 4.78 is 0. The van der Waals surface area contributed by atoms with E-state index in [1.807, 2.05) is 24.3 Å². The van der Waals surface area contributed by atoms with Gasteiger partial charge in [0.2, 0.25) is 5.91 Å². The van der Waals surface area contributed by atoms with Gasteiger partial charge in [0.25, 0.3) is 0 Å². The number of rotatable bonds is 3. The third kappa shape index (κ3) is 2.96. The van der Waals surface area contributed by atoms with Crippen LogP contribution in [0.3, 0.4) is 0 Å². The summed E-state index contributed by atoms with van der Waals surface area (Å²) in [6.45, 7) is 0.795. The van der Waals surface area contributed by atoms with Crippen molar-refractivity contribution < 1.29 is 4.79 Å². The van der Waals surface area contributed by atoms with Gasteiger partial charge in [-0.1, -0.05) is 23.9 Å². The van der Waals surface area contributed by atoms with Crippen molar-refractivity contribution >= 4 is 33.9 Å². The molecule has 0 aliphatic carbocycles. The maximum absolute atomic E-state index is 11.7. The first-order valence-electron chi connectivity index (χ1n) is 6.22. The average Bonchev–Trinajstić information content (AvgIpc) is 3.04. The van der Waals surface area contributed by atoms with Gasteiger partial charge in [-0.3, -0.25) is 9.79 Å². The largest absolute Gasteiger partial charge is 0.342 e. The smallest absolute Gasteiger partial charge is 0.226 e. The van der Waals surface area contributed by atoms with Crippen molar-refractivity contribution in [1.82, 2.24) is 15.3 Å². The highest BCUT2D eigenvalue weighted by Crippen LogP contribution is 2.12. The first-order valence-corrected chi connectivity index (χ1v) is 7.20. The number of carbonyl (C=O) groups is 1. The molecular weight excluding hydrogens is 260 g/mol. The number of benzene rings is 1. The molecule has 0 saturated carbocycles. The van der Waals surface area contributed by atoms with Crippen molar-refractivity contribution in [2.45, 2.75) is 12.8 Å². The number of hydrogen-bond acceptors (Lipinski definition) is 4. The van der Waals surface area contributed by atoms with Crippen molar-refractivity contribution in [3.8, 4) is 0 Å². The highest BCUT2D eigenvalue weighted by Gasteiger charge is 2.11. The second-order valence-electron chi connectivity index (χ2n) is 4.28. The fraction of sp³-hybridized carbons (Fsp3) is 0.308. The van der Waals surface area contributed by atoms with Crippen LogP contribution in [-0.4, -0.2) is 33.3 Å². The van der Waals surface area contributed by atoms with Crippen LogP contribution in [0.5, 0.6) is 0 Å². The van der Waals surface area contributed by atoms with E-state index >= 15 is 0 Å². The van der Waals surface area contributed by atoms with Crippen molar-refractivity contribution in [1.29, 1.82) is 0 Å². The summed E-state index contributed by atoms with van der Waals surface area (Å²) in [5.74, 6) is 1.80. The summed E-state index contributed by atoms with van der Waals surface area (Å²) in [4.78, 5) is 23.6. The van der Waals surface area contributed by atoms with Crippen LogP contribution in [0.15, 0.2) is 29.3 Å². The molecule has 98 valence electrons. The van der Waals surface area contributed by atoms with Gasteiger partial charge in [-0.2, -0.15) is 0 Å². The monoisotopic (exact) mass is 274 g/mol. The number of carbonyl (C=O) groups excluding carboxylic acids is 1. The molecule has 3 rings (SSSR count). The summed E-state index contributed by atoms with van der Waals surface area (Å²) in [5.41, 5.74) is 1.95. The molecule has 2 heterocycles. The minimum absolute atomic E-state index is 0.00592. The van der Waals surface area contributed by atoms with Gasteiger partial charge in [-0.05, 0) is 12.1 Å². The number of aryl methyl sites for hydroxylation is 1. The van der Waals surface area contributed by atoms with Crippen molar-refractivity contribution in [2.24, 2.45) is 4.99 Å². The third-order valence-electron chi connectivity index (χ3n) is 2.86. The molecule has 1 aliphatic rings. The molecule has 1 amide bonds. The quantitative estimate of drug-likeness (QED) is 0.895. The Hall–Kier alpha value is -1.82. The normalized spacial score (nSPS) is 14.6. The van der Waals surface area contributed by atoms with Gasteiger partial charge in [0.1, 0.15) is 5.82 Å². The summed E-state index contributed by atoms with van der Waals surface area (Å²) in [6.07, 6.45) is 1.03. The maximum Gasteiger partial charge on any atom is 0.226 e. The number of imidazole rings is 1. The van der Waals surface area contributed by atoms with E-state index in [0.29, 0.717) is 12.8 Å². The molecule has 1 aromatic carbocycles. The Morgan fingerprint density at radius 2 is 2.32 bits per heavy atom. The van der Waals surface area contributed by atoms with E-state index in [1.54, 1.807) is 11.8 Å². The molecule has 1 aromatic heterocycles. The zero-order valence-electron chi connectivity index (χ0n) is 10.3. The number of aromatic amines is 1. The molecule has 0 spiro atoms. The van der Waals surface area contributed by atoms with Gasteiger partial charge >= 0.3 is 0 Å². The van der Waals surface area contributed by atoms with E-state index < -0.39 is 0 Å². The second-order valence-corrected chi connectivity index (χ2v) is 5.37. The van der Waals surface area contributed by atoms with E-state index in [0.717, 1.165) is 34.3 Å². The number of nitrogens with one attached hydrogen (secondary N) is 2. The molecular formula is C13H14N4OS. The van der Waals surface area contributed by atoms with Gasteiger partial charge in [0, 0.05) is 18.6 Å². The lowest BCUT2D eigenvalue weighted by Gasteiger charge is -2.02. The fourth-order valence-electron chi connectivity index (χ4n) is 1.95. The number of thioether (sulfide) groups is 1. The van der Waals surface area contributed by atoms with Crippen molar-refractivity contribution in [3.63, 3.8) is 0 Å². The zero-order valence-corrected chi connectivity index (χ0v) is 11.2. The van der Waals surface area contributed by atoms with Crippen molar-refractivity contribution in [3.05, 3.63) is 30.1 Å². The Morgan fingerprint density at radius 3 is 3.11 bits per heavy atom. The van der Waals surface area contributed by atoms with Crippen LogP contribution in [0.2, 0.25) is 0 Å². The van der Waals surface area contributed by atoms with Crippen LogP contribution in [0.25, 0.3) is 11.0 Å². The molecule has 5 nitrogen and oxygen atoms in total. The zero-order chi connectivity index (χ0) is 13.1. The Labute approximate surface area is 114 Å². The molecule has 2 N–H and O–H groups in total. The summed E-state index contributed by atoms with van der Waals surface area (Å²) >= 11 is 1.59. The van der Waals surface area contributed by atoms with Crippen molar-refractivity contribution in [2.75, 3.05) is 12.3 Å². The van der Waals surface area contributed by atoms with Crippen LogP contribution in [0.4, 0.5) is 0 Å². The van der Waals surface area contributed by atoms with Gasteiger partial charge in [0.05, 0.1) is 17.6 Å². The molecule has 2 aromatic rings. The molecule has 1 aliphatic heterocycles. The van der Waals surface area contributed by atoms with Crippen LogP contribution in [0, 0.1) is 0 Å². The molecule has 6 heteroatoms. The predicted octanol–water partition coefficient (Wildman–Crippen LogP) is 1.71. The van der Waals surface area contributed by atoms with Crippen LogP contribution < -0.4 is 5.32 Å². The Balaban J connectivity index is 1.57. The highest BCUT2D eigenvalue weighted by atomic mass is 32.2. The summed E-state index contributed by atoms with van der Waals surface area (Å²) in [5, 5.41) is 3.56. The minimum atomic E-state index is -0.00592. The first kappa shape index (κ1) is 12.2. The maximum atomic E-state index is 11.7. The van der Waals surface area contributed by atoms with E-state index in [9.17, 15) is 4.79 Å². The number of amidine groups is 1. The van der Waals surface area contributed by atoms with Crippen LogP contribution in [-0.2, 0) is 11.2 Å². The average molecular weight is 274 g/mol. The second kappa shape index (κ2) is 5.44. The standard InChI is InChI=1S/C13H14N4OS/c18-12(17-13-14-7-8-19-13)6-5-11-15-9-3-1-2-4-10(9)16-11/h1-4H,5-8H2,(H,15,16)(H,14,17,18). The number of aliphatic imine (C=N–C) groups is 1. The third-order valence-corrected chi connectivity index (χ3v) is 3.75. The molecule has 0 unspecified atom stereocenters. The Morgan fingerprint density at radius 1 is 1.42 bits per heavy atom. The Kier molecular flexibility index (Phi) is 3.50. The minimum Gasteiger partial charge on any atom is -0.342 e. The van der Waals surface area contributed by atoms with E-state index in [1.165, 1.54) is 0 Å². The SMILES string of the molecule is O=C(CCc1nc2ccccc2[nH]1)NC1=NCCS1. The molecule has 0 fully saturated rings. The van der Waals surface area contributed by atoms with E-state index in [-0.39, 0.29) is 5.91 Å². The highest BCUT2D eigenvalue weighted by molar-refractivity contribution is 8.14. The van der Waals surface area contributed by atoms with Gasteiger partial charge in [-0.15, -0.1) is 0 Å². The summed E-state index contributed by atoms with van der Waals surface area (Å²) in [7, 11) is 0. The fourth-order valence-corrected chi connectivity index (χ4v) is 2.69. The molecule has 0 atom stereocenters. The van der Waals surface area contributed by atoms with Gasteiger partial charge in [0.15, 0.2) is 5.17 Å². The molecule has 0 bridgehead atoms. The van der Waals surface area contributed by atoms with Crippen LogP contribution in [0.1, 0.15) is 12.2 Å². The van der Waals surface area contributed by atoms with Gasteiger partial charge in [-0.25, -0.2) is 4.98 Å². The number of nitrogens with zero attached hydrogens (tertiary/aromatic N) is 2. The topological polar surface area (TPSA) is 70.1 Å². The lowest BCUT2D eigenvalue weighted by molar-refractivity contribution is -0.119. The number of H-pyrrole nitrogens is 1. The van der Waals surface area contributed by atoms with Gasteiger partial charge < -0.3 is 10.3 Å². The number of amides is 1. The summed E-state index contributed by atoms with van der Waals surface area (Å²) in [6, 6.07) is 7.86. The predicted molar refractivity (Wildman–Crippen MR) is 77.3 cm³/mol. The van der Waals surface area contributed by atoms with Crippen LogP contribution >= 0.6 is 11.8 Å². The number of aromatic nitrogens is 2. The number of hydrogen-bond donors (Lipinski definition) is 2. The molecule has 19 heavy (non-hydrogen) atoms.